The van der Waals surface area contributed by atoms with E-state index < -0.39 is 10.0 Å². The monoisotopic (exact) mass is 458 g/mol. The molecular weight excluding hydrogens is 432 g/mol. The van der Waals surface area contributed by atoms with Gasteiger partial charge in [-0.3, -0.25) is 4.79 Å². The molecule has 0 atom stereocenters. The van der Waals surface area contributed by atoms with Crippen LogP contribution in [0.4, 0.5) is 0 Å². The van der Waals surface area contributed by atoms with Gasteiger partial charge in [-0.15, -0.1) is 0 Å². The molecule has 1 amide bonds. The molecule has 3 rings (SSSR count). The molecule has 170 valence electrons. The average molecular weight is 459 g/mol. The number of hydrogen-bond acceptors (Lipinski definition) is 7. The number of sulfonamides is 1. The minimum absolute atomic E-state index is 0.0181. The molecule has 9 nitrogen and oxygen atoms in total. The smallest absolute Gasteiger partial charge is 0.227 e. The summed E-state index contributed by atoms with van der Waals surface area (Å²) in [5.41, 5.74) is 1.64. The first-order valence-electron chi connectivity index (χ1n) is 10.3. The summed E-state index contributed by atoms with van der Waals surface area (Å²) < 4.78 is 37.2. The van der Waals surface area contributed by atoms with Gasteiger partial charge in [0.1, 0.15) is 5.75 Å². The Morgan fingerprint density at radius 1 is 1.09 bits per heavy atom. The fourth-order valence-electron chi connectivity index (χ4n) is 2.84. The number of benzene rings is 2. The molecule has 0 radical (unpaired) electrons. The predicted molar refractivity (Wildman–Crippen MR) is 119 cm³/mol. The molecule has 10 heteroatoms. The van der Waals surface area contributed by atoms with Crippen LogP contribution in [-0.4, -0.2) is 43.4 Å². The molecule has 0 aliphatic rings. The van der Waals surface area contributed by atoms with Crippen molar-refractivity contribution in [2.45, 2.75) is 26.3 Å². The Morgan fingerprint density at radius 3 is 2.56 bits per heavy atom. The van der Waals surface area contributed by atoms with Crippen molar-refractivity contribution >= 4 is 15.9 Å². The van der Waals surface area contributed by atoms with Gasteiger partial charge in [0.25, 0.3) is 0 Å². The molecule has 0 aliphatic heterocycles. The molecule has 0 aliphatic carbocycles. The van der Waals surface area contributed by atoms with Crippen LogP contribution in [0.1, 0.15) is 24.8 Å². The molecule has 0 saturated carbocycles. The van der Waals surface area contributed by atoms with Crippen LogP contribution >= 0.6 is 0 Å². The third kappa shape index (κ3) is 7.47. The van der Waals surface area contributed by atoms with E-state index in [-0.39, 0.29) is 37.6 Å². The van der Waals surface area contributed by atoms with Gasteiger partial charge in [0, 0.05) is 31.5 Å². The minimum atomic E-state index is -3.49. The van der Waals surface area contributed by atoms with Gasteiger partial charge in [-0.05, 0) is 36.8 Å². The van der Waals surface area contributed by atoms with Crippen LogP contribution in [-0.2, 0) is 27.8 Å². The summed E-state index contributed by atoms with van der Waals surface area (Å²) in [6.07, 6.45) is 0.372. The lowest BCUT2D eigenvalue weighted by Crippen LogP contribution is -2.34. The highest BCUT2D eigenvalue weighted by Gasteiger charge is 2.13. The quantitative estimate of drug-likeness (QED) is 0.427. The Hall–Kier alpha value is -3.24. The summed E-state index contributed by atoms with van der Waals surface area (Å²) in [5, 5.41) is 6.54. The molecule has 0 bridgehead atoms. The number of nitrogens with zero attached hydrogens (tertiary/aromatic N) is 2. The normalized spacial score (nSPS) is 11.3. The summed E-state index contributed by atoms with van der Waals surface area (Å²) in [5.74, 6) is 1.03. The highest BCUT2D eigenvalue weighted by Crippen LogP contribution is 2.20. The van der Waals surface area contributed by atoms with E-state index in [2.05, 4.69) is 20.2 Å². The molecule has 2 aromatic carbocycles. The zero-order valence-corrected chi connectivity index (χ0v) is 18.6. The number of nitrogens with one attached hydrogen (secondary N) is 2. The summed E-state index contributed by atoms with van der Waals surface area (Å²) in [7, 11) is -3.49. The topological polar surface area (TPSA) is 123 Å². The van der Waals surface area contributed by atoms with Crippen molar-refractivity contribution in [1.29, 1.82) is 0 Å². The standard InChI is InChI=1S/C22H26N4O5S/c1-2-30-19-10-8-18(9-11-19)22-25-21(31-26-22)13-12-20(27)23-14-15-32(28,29)24-16-17-6-4-3-5-7-17/h3-11,24H,2,12-16H2,1H3,(H,23,27). The number of ether oxygens (including phenoxy) is 1. The molecule has 32 heavy (non-hydrogen) atoms. The molecule has 2 N–H and O–H groups in total. The number of aryl methyl sites for hydroxylation is 1. The fraction of sp³-hybridized carbons (Fsp3) is 0.318. The average Bonchev–Trinajstić information content (AvgIpc) is 3.27. The van der Waals surface area contributed by atoms with Gasteiger partial charge >= 0.3 is 0 Å². The van der Waals surface area contributed by atoms with Crippen LogP contribution in [0.15, 0.2) is 59.1 Å². The van der Waals surface area contributed by atoms with Crippen LogP contribution in [0, 0.1) is 0 Å². The number of rotatable bonds is 12. The van der Waals surface area contributed by atoms with Crippen LogP contribution in [0.2, 0.25) is 0 Å². The van der Waals surface area contributed by atoms with Crippen molar-refractivity contribution < 1.29 is 22.5 Å². The Labute approximate surface area is 187 Å². The van der Waals surface area contributed by atoms with Gasteiger partial charge in [-0.2, -0.15) is 4.98 Å². The maximum atomic E-state index is 12.1. The van der Waals surface area contributed by atoms with Crippen LogP contribution in [0.5, 0.6) is 5.75 Å². The maximum absolute atomic E-state index is 12.1. The van der Waals surface area contributed by atoms with Crippen molar-refractivity contribution in [2.75, 3.05) is 18.9 Å². The lowest BCUT2D eigenvalue weighted by atomic mass is 10.2. The Balaban J connectivity index is 1.38. The minimum Gasteiger partial charge on any atom is -0.494 e. The van der Waals surface area contributed by atoms with Crippen molar-refractivity contribution in [3.05, 3.63) is 66.1 Å². The third-order valence-corrected chi connectivity index (χ3v) is 5.82. The van der Waals surface area contributed by atoms with E-state index in [0.717, 1.165) is 16.9 Å². The van der Waals surface area contributed by atoms with Crippen LogP contribution < -0.4 is 14.8 Å². The van der Waals surface area contributed by atoms with Gasteiger partial charge in [-0.25, -0.2) is 13.1 Å². The van der Waals surface area contributed by atoms with E-state index >= 15 is 0 Å². The zero-order valence-electron chi connectivity index (χ0n) is 17.8. The number of carbonyl (C=O) groups excluding carboxylic acids is 1. The van der Waals surface area contributed by atoms with Crippen molar-refractivity contribution in [2.24, 2.45) is 0 Å². The number of carbonyl (C=O) groups is 1. The molecule has 1 heterocycles. The predicted octanol–water partition coefficient (Wildman–Crippen LogP) is 2.30. The molecule has 0 fully saturated rings. The third-order valence-electron chi connectivity index (χ3n) is 4.49. The van der Waals surface area contributed by atoms with Gasteiger partial charge in [0.2, 0.25) is 27.6 Å². The van der Waals surface area contributed by atoms with Gasteiger partial charge in [-0.1, -0.05) is 35.5 Å². The first-order valence-corrected chi connectivity index (χ1v) is 11.9. The zero-order chi connectivity index (χ0) is 22.8. The molecule has 0 saturated heterocycles. The molecule has 0 unspecified atom stereocenters. The number of amides is 1. The Bertz CT molecular complexity index is 1100. The van der Waals surface area contributed by atoms with E-state index in [9.17, 15) is 13.2 Å². The highest BCUT2D eigenvalue weighted by molar-refractivity contribution is 7.89. The number of hydrogen-bond donors (Lipinski definition) is 2. The fourth-order valence-corrected chi connectivity index (χ4v) is 3.74. The van der Waals surface area contributed by atoms with Gasteiger partial charge in [0.15, 0.2) is 0 Å². The lowest BCUT2D eigenvalue weighted by Gasteiger charge is -2.08. The van der Waals surface area contributed by atoms with Gasteiger partial charge in [0.05, 0.1) is 12.4 Å². The first-order chi connectivity index (χ1) is 15.4. The highest BCUT2D eigenvalue weighted by atomic mass is 32.2. The second-order valence-electron chi connectivity index (χ2n) is 6.94. The van der Waals surface area contributed by atoms with Crippen molar-refractivity contribution in [3.8, 4) is 17.1 Å². The second kappa shape index (κ2) is 11.4. The SMILES string of the molecule is CCOc1ccc(-c2noc(CCC(=O)NCCS(=O)(=O)NCc3ccccc3)n2)cc1. The summed E-state index contributed by atoms with van der Waals surface area (Å²) in [4.78, 5) is 16.3. The number of aromatic nitrogens is 2. The Kier molecular flexibility index (Phi) is 8.34. The van der Waals surface area contributed by atoms with E-state index in [1.807, 2.05) is 61.5 Å². The molecule has 1 aromatic heterocycles. The molecule has 3 aromatic rings. The summed E-state index contributed by atoms with van der Waals surface area (Å²) in [6, 6.07) is 16.5. The van der Waals surface area contributed by atoms with E-state index in [1.54, 1.807) is 0 Å². The van der Waals surface area contributed by atoms with Crippen molar-refractivity contribution in [1.82, 2.24) is 20.2 Å². The molecule has 0 spiro atoms. The summed E-state index contributed by atoms with van der Waals surface area (Å²) >= 11 is 0. The van der Waals surface area contributed by atoms with Crippen LogP contribution in [0.3, 0.4) is 0 Å². The largest absolute Gasteiger partial charge is 0.494 e. The maximum Gasteiger partial charge on any atom is 0.227 e. The van der Waals surface area contributed by atoms with E-state index in [4.69, 9.17) is 9.26 Å². The van der Waals surface area contributed by atoms with Crippen molar-refractivity contribution in [3.63, 3.8) is 0 Å². The lowest BCUT2D eigenvalue weighted by molar-refractivity contribution is -0.121. The van der Waals surface area contributed by atoms with Crippen LogP contribution in [0.25, 0.3) is 11.4 Å². The summed E-state index contributed by atoms with van der Waals surface area (Å²) in [6.45, 7) is 2.73. The second-order valence-corrected chi connectivity index (χ2v) is 8.87. The Morgan fingerprint density at radius 2 is 1.84 bits per heavy atom. The molecular formula is C22H26N4O5S. The van der Waals surface area contributed by atoms with E-state index in [0.29, 0.717) is 18.3 Å². The van der Waals surface area contributed by atoms with Gasteiger partial charge < -0.3 is 14.6 Å². The first kappa shape index (κ1) is 23.4. The van der Waals surface area contributed by atoms with E-state index in [1.165, 1.54) is 0 Å².